The molecule has 2 rings (SSSR count). The van der Waals surface area contributed by atoms with Gasteiger partial charge in [0.1, 0.15) is 11.2 Å². The predicted octanol–water partition coefficient (Wildman–Crippen LogP) is 3.07. The summed E-state index contributed by atoms with van der Waals surface area (Å²) in [5.74, 6) is -0.779. The summed E-state index contributed by atoms with van der Waals surface area (Å²) < 4.78 is 9.97. The van der Waals surface area contributed by atoms with Gasteiger partial charge in [-0.15, -0.1) is 0 Å². The van der Waals surface area contributed by atoms with E-state index in [1.165, 1.54) is 24.1 Å². The van der Waals surface area contributed by atoms with Gasteiger partial charge in [0, 0.05) is 12.6 Å². The lowest BCUT2D eigenvalue weighted by molar-refractivity contribution is -0.385. The van der Waals surface area contributed by atoms with E-state index in [9.17, 15) is 19.7 Å². The molecular formula is C16H20N2O6. The van der Waals surface area contributed by atoms with Gasteiger partial charge in [0.25, 0.3) is 5.69 Å². The molecule has 0 saturated heterocycles. The molecule has 8 heteroatoms. The Labute approximate surface area is 139 Å². The van der Waals surface area contributed by atoms with Crippen LogP contribution in [0.3, 0.4) is 0 Å². The zero-order valence-electron chi connectivity index (χ0n) is 14.1. The number of ether oxygens (including phenoxy) is 2. The third kappa shape index (κ3) is 3.64. The Kier molecular flexibility index (Phi) is 4.77. The molecule has 0 N–H and O–H groups in total. The average molecular weight is 336 g/mol. The Balaban J connectivity index is 2.50. The lowest BCUT2D eigenvalue weighted by Crippen LogP contribution is -2.40. The molecule has 0 aromatic heterocycles. The summed E-state index contributed by atoms with van der Waals surface area (Å²) in [7, 11) is 1.17. The standard InChI is InChI=1S/C16H20N2O6/c1-16(2,3)24-15(20)17-7-5-6-10-8-11(14(19)23-4)13(18(21)22)9-12(10)17/h8-9H,5-7H2,1-4H3. The minimum Gasteiger partial charge on any atom is -0.465 e. The number of carbonyl (C=O) groups is 2. The maximum absolute atomic E-state index is 12.4. The second-order valence-corrected chi connectivity index (χ2v) is 6.48. The number of fused-ring (bicyclic) bond motifs is 1. The van der Waals surface area contributed by atoms with Gasteiger partial charge in [-0.2, -0.15) is 0 Å². The number of aryl methyl sites for hydroxylation is 1. The van der Waals surface area contributed by atoms with Crippen LogP contribution in [0.1, 0.15) is 43.1 Å². The van der Waals surface area contributed by atoms with E-state index in [1.54, 1.807) is 20.8 Å². The molecule has 1 aromatic rings. The first-order valence-corrected chi connectivity index (χ1v) is 7.54. The Hall–Kier alpha value is -2.64. The Morgan fingerprint density at radius 3 is 2.50 bits per heavy atom. The van der Waals surface area contributed by atoms with E-state index < -0.39 is 28.3 Å². The zero-order chi connectivity index (χ0) is 18.1. The molecule has 0 aliphatic carbocycles. The molecule has 1 amide bonds. The molecule has 24 heavy (non-hydrogen) atoms. The van der Waals surface area contributed by atoms with Gasteiger partial charge < -0.3 is 9.47 Å². The summed E-state index contributed by atoms with van der Waals surface area (Å²) in [6.45, 7) is 5.65. The highest BCUT2D eigenvalue weighted by Crippen LogP contribution is 2.35. The van der Waals surface area contributed by atoms with Crippen molar-refractivity contribution in [3.63, 3.8) is 0 Å². The summed E-state index contributed by atoms with van der Waals surface area (Å²) in [5.41, 5.74) is -0.108. The molecule has 8 nitrogen and oxygen atoms in total. The largest absolute Gasteiger partial charge is 0.465 e. The number of nitro benzene ring substituents is 1. The van der Waals surface area contributed by atoms with E-state index in [0.29, 0.717) is 30.6 Å². The first-order valence-electron chi connectivity index (χ1n) is 7.54. The third-order valence-corrected chi connectivity index (χ3v) is 3.53. The average Bonchev–Trinajstić information content (AvgIpc) is 2.50. The first-order chi connectivity index (χ1) is 11.1. The quantitative estimate of drug-likeness (QED) is 0.467. The SMILES string of the molecule is COC(=O)c1cc2c(cc1[N+](=O)[O-])N(C(=O)OC(C)(C)C)CCC2. The van der Waals surface area contributed by atoms with Crippen molar-refractivity contribution in [2.24, 2.45) is 0 Å². The van der Waals surface area contributed by atoms with Crippen LogP contribution in [0.4, 0.5) is 16.2 Å². The highest BCUT2D eigenvalue weighted by molar-refractivity contribution is 5.97. The van der Waals surface area contributed by atoms with Crippen molar-refractivity contribution >= 4 is 23.4 Å². The van der Waals surface area contributed by atoms with E-state index in [-0.39, 0.29) is 5.56 Å². The predicted molar refractivity (Wildman–Crippen MR) is 86.3 cm³/mol. The fourth-order valence-corrected chi connectivity index (χ4v) is 2.55. The van der Waals surface area contributed by atoms with Crippen LogP contribution in [0.5, 0.6) is 0 Å². The van der Waals surface area contributed by atoms with Gasteiger partial charge in [0.2, 0.25) is 0 Å². The monoisotopic (exact) mass is 336 g/mol. The van der Waals surface area contributed by atoms with Gasteiger partial charge in [0.15, 0.2) is 0 Å². The molecule has 0 atom stereocenters. The molecule has 130 valence electrons. The van der Waals surface area contributed by atoms with Crippen molar-refractivity contribution < 1.29 is 24.0 Å². The minimum atomic E-state index is -0.779. The Morgan fingerprint density at radius 1 is 1.29 bits per heavy atom. The summed E-state index contributed by atoms with van der Waals surface area (Å²) in [5, 5.41) is 11.3. The van der Waals surface area contributed by atoms with Crippen LogP contribution in [0, 0.1) is 10.1 Å². The van der Waals surface area contributed by atoms with Crippen LogP contribution in [0.15, 0.2) is 12.1 Å². The van der Waals surface area contributed by atoms with Crippen molar-refractivity contribution in [1.82, 2.24) is 0 Å². The lowest BCUT2D eigenvalue weighted by atomic mass is 9.98. The van der Waals surface area contributed by atoms with E-state index >= 15 is 0 Å². The topological polar surface area (TPSA) is 99.0 Å². The molecular weight excluding hydrogens is 316 g/mol. The van der Waals surface area contributed by atoms with Crippen LogP contribution in [0.2, 0.25) is 0 Å². The second-order valence-electron chi connectivity index (χ2n) is 6.48. The lowest BCUT2D eigenvalue weighted by Gasteiger charge is -2.31. The highest BCUT2D eigenvalue weighted by atomic mass is 16.6. The smallest absolute Gasteiger partial charge is 0.414 e. The summed E-state index contributed by atoms with van der Waals surface area (Å²) >= 11 is 0. The van der Waals surface area contributed by atoms with E-state index in [4.69, 9.17) is 4.74 Å². The fraction of sp³-hybridized carbons (Fsp3) is 0.500. The Bertz CT molecular complexity index is 693. The molecule has 0 bridgehead atoms. The normalized spacial score (nSPS) is 13.9. The van der Waals surface area contributed by atoms with Crippen LogP contribution in [0.25, 0.3) is 0 Å². The van der Waals surface area contributed by atoms with Gasteiger partial charge in [-0.25, -0.2) is 9.59 Å². The zero-order valence-corrected chi connectivity index (χ0v) is 14.1. The van der Waals surface area contributed by atoms with Crippen molar-refractivity contribution in [2.45, 2.75) is 39.2 Å². The maximum Gasteiger partial charge on any atom is 0.414 e. The number of hydrogen-bond acceptors (Lipinski definition) is 6. The van der Waals surface area contributed by atoms with Gasteiger partial charge in [0.05, 0.1) is 17.7 Å². The number of nitro groups is 1. The van der Waals surface area contributed by atoms with Gasteiger partial charge in [-0.1, -0.05) is 0 Å². The minimum absolute atomic E-state index is 0.118. The molecule has 0 fully saturated rings. The van der Waals surface area contributed by atoms with Gasteiger partial charge in [-0.05, 0) is 45.2 Å². The molecule has 0 radical (unpaired) electrons. The van der Waals surface area contributed by atoms with Crippen molar-refractivity contribution in [3.8, 4) is 0 Å². The second kappa shape index (κ2) is 6.46. The van der Waals surface area contributed by atoms with Crippen molar-refractivity contribution in [2.75, 3.05) is 18.6 Å². The number of amides is 1. The summed E-state index contributed by atoms with van der Waals surface area (Å²) in [4.78, 5) is 36.2. The molecule has 1 heterocycles. The van der Waals surface area contributed by atoms with Crippen LogP contribution >= 0.6 is 0 Å². The number of hydrogen-bond donors (Lipinski definition) is 0. The molecule has 1 aliphatic rings. The summed E-state index contributed by atoms with van der Waals surface area (Å²) in [6, 6.07) is 2.67. The Morgan fingerprint density at radius 2 is 1.96 bits per heavy atom. The molecule has 0 spiro atoms. The number of esters is 1. The molecule has 0 saturated carbocycles. The van der Waals surface area contributed by atoms with E-state index in [2.05, 4.69) is 4.74 Å². The number of benzene rings is 1. The highest BCUT2D eigenvalue weighted by Gasteiger charge is 2.32. The van der Waals surface area contributed by atoms with Crippen LogP contribution in [-0.4, -0.2) is 36.2 Å². The number of nitrogens with zero attached hydrogens (tertiary/aromatic N) is 2. The van der Waals surface area contributed by atoms with Crippen LogP contribution < -0.4 is 4.90 Å². The van der Waals surface area contributed by atoms with Gasteiger partial charge >= 0.3 is 12.1 Å². The molecule has 1 aromatic carbocycles. The number of methoxy groups -OCH3 is 1. The number of rotatable bonds is 2. The molecule has 1 aliphatic heterocycles. The first kappa shape index (κ1) is 17.7. The van der Waals surface area contributed by atoms with Crippen molar-refractivity contribution in [1.29, 1.82) is 0 Å². The van der Waals surface area contributed by atoms with Gasteiger partial charge in [-0.3, -0.25) is 15.0 Å². The number of anilines is 1. The molecule has 0 unspecified atom stereocenters. The summed E-state index contributed by atoms with van der Waals surface area (Å²) in [6.07, 6.45) is 0.713. The van der Waals surface area contributed by atoms with Crippen molar-refractivity contribution in [3.05, 3.63) is 33.4 Å². The number of carbonyl (C=O) groups excluding carboxylic acids is 2. The van der Waals surface area contributed by atoms with E-state index in [0.717, 1.165) is 0 Å². The van der Waals surface area contributed by atoms with E-state index in [1.807, 2.05) is 0 Å². The fourth-order valence-electron chi connectivity index (χ4n) is 2.55. The maximum atomic E-state index is 12.4. The third-order valence-electron chi connectivity index (χ3n) is 3.53. The van der Waals surface area contributed by atoms with Crippen LogP contribution in [-0.2, 0) is 15.9 Å².